The van der Waals surface area contributed by atoms with E-state index in [1.54, 1.807) is 30.5 Å². The lowest BCUT2D eigenvalue weighted by Crippen LogP contribution is -2.26. The molecule has 0 spiro atoms. The van der Waals surface area contributed by atoms with Gasteiger partial charge in [0.25, 0.3) is 5.91 Å². The van der Waals surface area contributed by atoms with Crippen LogP contribution in [0, 0.1) is 0 Å². The summed E-state index contributed by atoms with van der Waals surface area (Å²) in [6, 6.07) is 14.4. The fourth-order valence-electron chi connectivity index (χ4n) is 2.22. The molecular formula is C17H18ClNO2S. The monoisotopic (exact) mass is 335 g/mol. The molecule has 0 radical (unpaired) electrons. The molecule has 1 N–H and O–H groups in total. The Balaban J connectivity index is 2.12. The molecule has 1 amide bonds. The van der Waals surface area contributed by atoms with Gasteiger partial charge in [-0.05, 0) is 36.2 Å². The number of carbonyl (C=O) groups is 1. The van der Waals surface area contributed by atoms with Crippen LogP contribution in [0.2, 0.25) is 5.02 Å². The molecule has 0 saturated heterocycles. The lowest BCUT2D eigenvalue weighted by Gasteiger charge is -2.16. The molecule has 2 atom stereocenters. The number of halogens is 1. The van der Waals surface area contributed by atoms with Crippen molar-refractivity contribution in [3.05, 3.63) is 70.2 Å². The molecule has 2 unspecified atom stereocenters. The van der Waals surface area contributed by atoms with Crippen LogP contribution < -0.4 is 5.32 Å². The van der Waals surface area contributed by atoms with Crippen molar-refractivity contribution >= 4 is 28.3 Å². The Morgan fingerprint density at radius 3 is 2.64 bits per heavy atom. The Labute approximate surface area is 138 Å². The summed E-state index contributed by atoms with van der Waals surface area (Å²) in [4.78, 5) is 12.3. The number of nitrogens with one attached hydrogen (secondary N) is 1. The molecule has 3 nitrogen and oxygen atoms in total. The molecule has 0 aliphatic rings. The summed E-state index contributed by atoms with van der Waals surface area (Å²) in [7, 11) is -0.931. The standard InChI is InChI=1S/C17H18ClNO2S/c1-12(15-8-3-4-9-16(15)18)19-17(20)14-7-5-6-13(10-14)11-22(2)21/h3-10,12H,11H2,1-2H3,(H,19,20). The molecule has 2 aromatic carbocycles. The van der Waals surface area contributed by atoms with Crippen molar-refractivity contribution < 1.29 is 9.00 Å². The molecule has 2 aromatic rings. The Kier molecular flexibility index (Phi) is 5.75. The smallest absolute Gasteiger partial charge is 0.251 e. The fourth-order valence-corrected chi connectivity index (χ4v) is 3.17. The first-order valence-corrected chi connectivity index (χ1v) is 9.02. The van der Waals surface area contributed by atoms with Crippen LogP contribution in [0.15, 0.2) is 48.5 Å². The number of hydrogen-bond acceptors (Lipinski definition) is 2. The molecular weight excluding hydrogens is 318 g/mol. The van der Waals surface area contributed by atoms with Crippen molar-refractivity contribution in [3.63, 3.8) is 0 Å². The summed E-state index contributed by atoms with van der Waals surface area (Å²) in [5.74, 6) is 0.275. The first-order valence-electron chi connectivity index (χ1n) is 6.91. The van der Waals surface area contributed by atoms with E-state index in [1.807, 2.05) is 31.2 Å². The van der Waals surface area contributed by atoms with Gasteiger partial charge in [-0.25, -0.2) is 0 Å². The van der Waals surface area contributed by atoms with Gasteiger partial charge >= 0.3 is 0 Å². The normalized spacial score (nSPS) is 13.4. The van der Waals surface area contributed by atoms with Crippen molar-refractivity contribution in [2.75, 3.05) is 6.26 Å². The highest BCUT2D eigenvalue weighted by Crippen LogP contribution is 2.22. The van der Waals surface area contributed by atoms with Crippen LogP contribution >= 0.6 is 11.6 Å². The third-order valence-corrected chi connectivity index (χ3v) is 4.36. The van der Waals surface area contributed by atoms with E-state index in [2.05, 4.69) is 5.32 Å². The number of benzene rings is 2. The largest absolute Gasteiger partial charge is 0.345 e. The van der Waals surface area contributed by atoms with Crippen molar-refractivity contribution in [2.24, 2.45) is 0 Å². The van der Waals surface area contributed by atoms with Gasteiger partial charge in [0.05, 0.1) is 6.04 Å². The zero-order valence-electron chi connectivity index (χ0n) is 12.5. The molecule has 116 valence electrons. The summed E-state index contributed by atoms with van der Waals surface area (Å²) in [5, 5.41) is 3.56. The molecule has 0 heterocycles. The SMILES string of the molecule is CC(NC(=O)c1cccc(CS(C)=O)c1)c1ccccc1Cl. The predicted molar refractivity (Wildman–Crippen MR) is 91.5 cm³/mol. The van der Waals surface area contributed by atoms with E-state index < -0.39 is 10.8 Å². The van der Waals surface area contributed by atoms with Gasteiger partial charge in [0.2, 0.25) is 0 Å². The van der Waals surface area contributed by atoms with Gasteiger partial charge in [-0.15, -0.1) is 0 Å². The van der Waals surface area contributed by atoms with Crippen LogP contribution in [-0.2, 0) is 16.6 Å². The summed E-state index contributed by atoms with van der Waals surface area (Å²) >= 11 is 6.15. The Morgan fingerprint density at radius 1 is 1.23 bits per heavy atom. The maximum atomic E-state index is 12.3. The second-order valence-corrected chi connectivity index (χ2v) is 6.98. The van der Waals surface area contributed by atoms with Crippen molar-refractivity contribution in [2.45, 2.75) is 18.7 Å². The van der Waals surface area contributed by atoms with E-state index in [0.717, 1.165) is 11.1 Å². The molecule has 0 aliphatic carbocycles. The van der Waals surface area contributed by atoms with E-state index in [4.69, 9.17) is 11.6 Å². The van der Waals surface area contributed by atoms with Crippen molar-refractivity contribution in [1.82, 2.24) is 5.32 Å². The van der Waals surface area contributed by atoms with Crippen LogP contribution in [0.3, 0.4) is 0 Å². The van der Waals surface area contributed by atoms with Gasteiger partial charge in [-0.2, -0.15) is 0 Å². The van der Waals surface area contributed by atoms with Crippen molar-refractivity contribution in [3.8, 4) is 0 Å². The lowest BCUT2D eigenvalue weighted by atomic mass is 10.1. The first-order chi connectivity index (χ1) is 10.5. The van der Waals surface area contributed by atoms with E-state index in [0.29, 0.717) is 16.3 Å². The Hall–Kier alpha value is -1.65. The highest BCUT2D eigenvalue weighted by Gasteiger charge is 2.14. The third kappa shape index (κ3) is 4.42. The van der Waals surface area contributed by atoms with Gasteiger partial charge in [-0.1, -0.05) is 41.9 Å². The van der Waals surface area contributed by atoms with E-state index in [-0.39, 0.29) is 11.9 Å². The zero-order chi connectivity index (χ0) is 16.1. The van der Waals surface area contributed by atoms with Crippen LogP contribution in [0.5, 0.6) is 0 Å². The lowest BCUT2D eigenvalue weighted by molar-refractivity contribution is 0.0940. The average molecular weight is 336 g/mol. The predicted octanol–water partition coefficient (Wildman–Crippen LogP) is 3.71. The molecule has 22 heavy (non-hydrogen) atoms. The van der Waals surface area contributed by atoms with Crippen LogP contribution in [0.25, 0.3) is 0 Å². The summed E-state index contributed by atoms with van der Waals surface area (Å²) in [6.45, 7) is 1.89. The van der Waals surface area contributed by atoms with Gasteiger partial charge < -0.3 is 5.32 Å². The van der Waals surface area contributed by atoms with Gasteiger partial charge in [0.1, 0.15) is 0 Å². The number of amides is 1. The minimum absolute atomic E-state index is 0.170. The minimum atomic E-state index is -0.931. The van der Waals surface area contributed by atoms with Crippen LogP contribution in [0.4, 0.5) is 0 Å². The second kappa shape index (κ2) is 7.56. The maximum absolute atomic E-state index is 12.3. The van der Waals surface area contributed by atoms with E-state index >= 15 is 0 Å². The quantitative estimate of drug-likeness (QED) is 0.905. The molecule has 2 rings (SSSR count). The number of rotatable bonds is 5. The summed E-state index contributed by atoms with van der Waals surface area (Å²) in [6.07, 6.45) is 1.65. The summed E-state index contributed by atoms with van der Waals surface area (Å²) in [5.41, 5.74) is 2.32. The first kappa shape index (κ1) is 16.7. The van der Waals surface area contributed by atoms with Crippen LogP contribution in [-0.4, -0.2) is 16.4 Å². The minimum Gasteiger partial charge on any atom is -0.345 e. The third-order valence-electron chi connectivity index (χ3n) is 3.28. The topological polar surface area (TPSA) is 46.2 Å². The second-order valence-electron chi connectivity index (χ2n) is 5.13. The molecule has 0 saturated carbocycles. The highest BCUT2D eigenvalue weighted by molar-refractivity contribution is 7.83. The van der Waals surface area contributed by atoms with Crippen molar-refractivity contribution in [1.29, 1.82) is 0 Å². The van der Waals surface area contributed by atoms with E-state index in [9.17, 15) is 9.00 Å². The van der Waals surface area contributed by atoms with Crippen LogP contribution in [0.1, 0.15) is 34.5 Å². The number of hydrogen-bond donors (Lipinski definition) is 1. The molecule has 0 fully saturated rings. The Morgan fingerprint density at radius 2 is 1.95 bits per heavy atom. The van der Waals surface area contributed by atoms with Gasteiger partial charge in [-0.3, -0.25) is 9.00 Å². The fraction of sp³-hybridized carbons (Fsp3) is 0.235. The molecule has 0 bridgehead atoms. The van der Waals surface area contributed by atoms with Gasteiger partial charge in [0, 0.05) is 33.4 Å². The highest BCUT2D eigenvalue weighted by atomic mass is 35.5. The zero-order valence-corrected chi connectivity index (χ0v) is 14.1. The molecule has 5 heteroatoms. The van der Waals surface area contributed by atoms with E-state index in [1.165, 1.54) is 0 Å². The Bertz CT molecular complexity index is 703. The maximum Gasteiger partial charge on any atom is 0.251 e. The van der Waals surface area contributed by atoms with Gasteiger partial charge in [0.15, 0.2) is 0 Å². The molecule has 0 aliphatic heterocycles. The average Bonchev–Trinajstić information content (AvgIpc) is 2.47. The number of carbonyl (C=O) groups excluding carboxylic acids is 1. The molecule has 0 aromatic heterocycles. The summed E-state index contributed by atoms with van der Waals surface area (Å²) < 4.78 is 11.3.